The molecule has 1 aliphatic rings. The first-order valence-corrected chi connectivity index (χ1v) is 7.02. The highest BCUT2D eigenvalue weighted by Crippen LogP contribution is 2.20. The van der Waals surface area contributed by atoms with Crippen LogP contribution in [0.15, 0.2) is 6.20 Å². The first-order chi connectivity index (χ1) is 9.80. The fraction of sp³-hybridized carbons (Fsp3) is 0.643. The molecule has 0 saturated carbocycles. The van der Waals surface area contributed by atoms with Crippen LogP contribution in [-0.2, 0) is 22.4 Å². The minimum atomic E-state index is -0.521. The lowest BCUT2D eigenvalue weighted by Gasteiger charge is -2.29. The molecule has 0 spiro atoms. The smallest absolute Gasteiger partial charge is 0.434 e. The van der Waals surface area contributed by atoms with E-state index in [-0.39, 0.29) is 6.09 Å². The third-order valence-electron chi connectivity index (χ3n) is 2.96. The van der Waals surface area contributed by atoms with Gasteiger partial charge in [-0.3, -0.25) is 0 Å². The molecule has 0 aromatic carbocycles. The third-order valence-corrected chi connectivity index (χ3v) is 2.96. The number of ether oxygens (including phenoxy) is 2. The number of aromatic nitrogens is 2. The predicted octanol–water partition coefficient (Wildman–Crippen LogP) is 2.18. The van der Waals surface area contributed by atoms with Crippen LogP contribution in [0.2, 0.25) is 0 Å². The molecule has 1 aromatic rings. The van der Waals surface area contributed by atoms with Crippen molar-refractivity contribution in [3.8, 4) is 0 Å². The Morgan fingerprint density at radius 2 is 2.05 bits per heavy atom. The van der Waals surface area contributed by atoms with E-state index in [1.807, 2.05) is 20.8 Å². The van der Waals surface area contributed by atoms with E-state index in [2.05, 4.69) is 5.10 Å². The Kier molecular flexibility index (Phi) is 4.20. The number of amides is 1. The third kappa shape index (κ3) is 3.74. The van der Waals surface area contributed by atoms with E-state index in [0.717, 1.165) is 11.3 Å². The van der Waals surface area contributed by atoms with Gasteiger partial charge in [-0.1, -0.05) is 0 Å². The molecule has 0 radical (unpaired) electrons. The summed E-state index contributed by atoms with van der Waals surface area (Å²) in [7, 11) is 0. The largest absolute Gasteiger partial charge is 0.448 e. The van der Waals surface area contributed by atoms with E-state index in [1.54, 1.807) is 18.0 Å². The Hall–Kier alpha value is -2.05. The van der Waals surface area contributed by atoms with Crippen LogP contribution in [-0.4, -0.2) is 45.6 Å². The molecule has 0 bridgehead atoms. The van der Waals surface area contributed by atoms with Crippen molar-refractivity contribution in [3.05, 3.63) is 17.5 Å². The van der Waals surface area contributed by atoms with Crippen LogP contribution in [0.1, 0.15) is 39.0 Å². The minimum Gasteiger partial charge on any atom is -0.448 e. The second kappa shape index (κ2) is 5.75. The van der Waals surface area contributed by atoms with E-state index < -0.39 is 11.7 Å². The van der Waals surface area contributed by atoms with Gasteiger partial charge in [0.05, 0.1) is 18.8 Å². The highest BCUT2D eigenvalue weighted by atomic mass is 16.6. The van der Waals surface area contributed by atoms with Gasteiger partial charge in [-0.2, -0.15) is 9.78 Å². The van der Waals surface area contributed by atoms with Gasteiger partial charge >= 0.3 is 12.2 Å². The monoisotopic (exact) mass is 295 g/mol. The zero-order valence-corrected chi connectivity index (χ0v) is 12.9. The number of hydrogen-bond acceptors (Lipinski definition) is 5. The predicted molar refractivity (Wildman–Crippen MR) is 75.0 cm³/mol. The molecule has 0 atom stereocenters. The van der Waals surface area contributed by atoms with E-state index in [9.17, 15) is 9.59 Å². The molecule has 7 heteroatoms. The highest BCUT2D eigenvalue weighted by Gasteiger charge is 2.28. The van der Waals surface area contributed by atoms with Crippen LogP contribution >= 0.6 is 0 Å². The number of hydrogen-bond donors (Lipinski definition) is 0. The van der Waals surface area contributed by atoms with Crippen LogP contribution in [0.4, 0.5) is 9.59 Å². The lowest BCUT2D eigenvalue weighted by Crippen LogP contribution is -2.39. The maximum atomic E-state index is 12.1. The summed E-state index contributed by atoms with van der Waals surface area (Å²) in [5, 5.41) is 4.20. The van der Waals surface area contributed by atoms with Crippen molar-refractivity contribution in [2.45, 2.75) is 46.3 Å². The number of carbonyl (C=O) groups is 2. The quantitative estimate of drug-likeness (QED) is 0.794. The summed E-state index contributed by atoms with van der Waals surface area (Å²) in [5.74, 6) is 0. The van der Waals surface area contributed by atoms with Crippen molar-refractivity contribution >= 4 is 12.2 Å². The molecule has 1 amide bonds. The van der Waals surface area contributed by atoms with Crippen molar-refractivity contribution in [2.24, 2.45) is 0 Å². The van der Waals surface area contributed by atoms with Gasteiger partial charge in [0, 0.05) is 24.7 Å². The van der Waals surface area contributed by atoms with Crippen LogP contribution < -0.4 is 0 Å². The molecule has 0 fully saturated rings. The zero-order valence-electron chi connectivity index (χ0n) is 12.9. The van der Waals surface area contributed by atoms with Gasteiger partial charge in [0.25, 0.3) is 0 Å². The van der Waals surface area contributed by atoms with Gasteiger partial charge in [0.1, 0.15) is 5.60 Å². The second-order valence-corrected chi connectivity index (χ2v) is 5.90. The van der Waals surface area contributed by atoms with Crippen LogP contribution in [0.25, 0.3) is 0 Å². The summed E-state index contributed by atoms with van der Waals surface area (Å²) < 4.78 is 11.4. The van der Waals surface area contributed by atoms with Crippen molar-refractivity contribution in [1.29, 1.82) is 0 Å². The Labute approximate surface area is 123 Å². The van der Waals surface area contributed by atoms with E-state index in [4.69, 9.17) is 9.47 Å². The molecule has 0 aliphatic carbocycles. The molecule has 21 heavy (non-hydrogen) atoms. The summed E-state index contributed by atoms with van der Waals surface area (Å²) in [6.07, 6.45) is 1.36. The molecule has 0 saturated heterocycles. The van der Waals surface area contributed by atoms with Crippen molar-refractivity contribution < 1.29 is 19.1 Å². The molecular weight excluding hydrogens is 274 g/mol. The number of fused-ring (bicyclic) bond motifs is 1. The summed E-state index contributed by atoms with van der Waals surface area (Å²) in [6, 6.07) is 0. The maximum absolute atomic E-state index is 12.1. The topological polar surface area (TPSA) is 73.7 Å². The molecule has 2 heterocycles. The standard InChI is InChI=1S/C14H21N3O4/c1-5-20-13(19)17-9-10-8-16(7-6-11(10)15-17)12(18)21-14(2,3)4/h9H,5-8H2,1-4H3. The fourth-order valence-electron chi connectivity index (χ4n) is 2.08. The van der Waals surface area contributed by atoms with E-state index in [1.165, 1.54) is 4.68 Å². The number of carbonyl (C=O) groups excluding carboxylic acids is 2. The molecule has 1 aliphatic heterocycles. The Morgan fingerprint density at radius 1 is 1.33 bits per heavy atom. The lowest BCUT2D eigenvalue weighted by atomic mass is 10.1. The van der Waals surface area contributed by atoms with Gasteiger partial charge in [0.2, 0.25) is 0 Å². The number of nitrogens with zero attached hydrogens (tertiary/aromatic N) is 3. The Balaban J connectivity index is 2.07. The Bertz CT molecular complexity index is 545. The Morgan fingerprint density at radius 3 is 2.67 bits per heavy atom. The average Bonchev–Trinajstić information content (AvgIpc) is 2.79. The minimum absolute atomic E-state index is 0.299. The van der Waals surface area contributed by atoms with Gasteiger partial charge < -0.3 is 14.4 Å². The van der Waals surface area contributed by atoms with Gasteiger partial charge in [-0.05, 0) is 27.7 Å². The number of rotatable bonds is 1. The highest BCUT2D eigenvalue weighted by molar-refractivity contribution is 5.70. The fourth-order valence-corrected chi connectivity index (χ4v) is 2.08. The molecule has 7 nitrogen and oxygen atoms in total. The first kappa shape index (κ1) is 15.3. The molecular formula is C14H21N3O4. The van der Waals surface area contributed by atoms with Gasteiger partial charge in [-0.25, -0.2) is 9.59 Å². The molecule has 2 rings (SSSR count). The SMILES string of the molecule is CCOC(=O)n1cc2c(n1)CCN(C(=O)OC(C)(C)C)C2. The molecule has 0 unspecified atom stereocenters. The van der Waals surface area contributed by atoms with E-state index in [0.29, 0.717) is 26.1 Å². The van der Waals surface area contributed by atoms with Gasteiger partial charge in [-0.15, -0.1) is 0 Å². The normalized spacial score (nSPS) is 14.6. The first-order valence-electron chi connectivity index (χ1n) is 7.02. The average molecular weight is 295 g/mol. The summed E-state index contributed by atoms with van der Waals surface area (Å²) >= 11 is 0. The van der Waals surface area contributed by atoms with Crippen molar-refractivity contribution in [2.75, 3.05) is 13.2 Å². The summed E-state index contributed by atoms with van der Waals surface area (Å²) in [4.78, 5) is 25.3. The molecule has 1 aromatic heterocycles. The second-order valence-electron chi connectivity index (χ2n) is 5.90. The maximum Gasteiger partial charge on any atom is 0.434 e. The molecule has 0 N–H and O–H groups in total. The van der Waals surface area contributed by atoms with Crippen LogP contribution in [0.5, 0.6) is 0 Å². The van der Waals surface area contributed by atoms with Crippen LogP contribution in [0, 0.1) is 0 Å². The lowest BCUT2D eigenvalue weighted by molar-refractivity contribution is 0.0223. The zero-order chi connectivity index (χ0) is 15.6. The van der Waals surface area contributed by atoms with E-state index >= 15 is 0 Å². The van der Waals surface area contributed by atoms with Crippen LogP contribution in [0.3, 0.4) is 0 Å². The summed E-state index contributed by atoms with van der Waals surface area (Å²) in [5.41, 5.74) is 1.15. The van der Waals surface area contributed by atoms with Crippen molar-refractivity contribution in [1.82, 2.24) is 14.7 Å². The molecule has 116 valence electrons. The van der Waals surface area contributed by atoms with Crippen molar-refractivity contribution in [3.63, 3.8) is 0 Å². The van der Waals surface area contributed by atoms with Gasteiger partial charge in [0.15, 0.2) is 0 Å². The summed E-state index contributed by atoms with van der Waals surface area (Å²) in [6.45, 7) is 8.46.